The van der Waals surface area contributed by atoms with Gasteiger partial charge in [0.2, 0.25) is 0 Å². The summed E-state index contributed by atoms with van der Waals surface area (Å²) in [5.41, 5.74) is 0.703. The molecule has 3 unspecified atom stereocenters. The lowest BCUT2D eigenvalue weighted by atomic mass is 9.81. The zero-order valence-electron chi connectivity index (χ0n) is 11.6. The van der Waals surface area contributed by atoms with Crippen LogP contribution in [0.1, 0.15) is 25.5 Å². The number of benzene rings is 1. The molecule has 1 aromatic rings. The van der Waals surface area contributed by atoms with Gasteiger partial charge < -0.3 is 19.7 Å². The number of nitrogens with one attached hydrogen (secondary N) is 1. The minimum absolute atomic E-state index is 0.160. The Morgan fingerprint density at radius 1 is 1.47 bits per heavy atom. The number of ether oxygens (including phenoxy) is 2. The fraction of sp³-hybridized carbons (Fsp3) is 0.500. The van der Waals surface area contributed by atoms with Gasteiger partial charge in [-0.05, 0) is 37.3 Å². The van der Waals surface area contributed by atoms with E-state index in [9.17, 15) is 0 Å². The summed E-state index contributed by atoms with van der Waals surface area (Å²) in [4.78, 5) is 2.00. The summed E-state index contributed by atoms with van der Waals surface area (Å²) in [6.45, 7) is 4.27. The molecule has 3 atom stereocenters. The Balaban J connectivity index is 2.14. The summed E-state index contributed by atoms with van der Waals surface area (Å²) in [6.07, 6.45) is 0. The van der Waals surface area contributed by atoms with Crippen molar-refractivity contribution in [1.82, 2.24) is 10.2 Å². The first-order chi connectivity index (χ1) is 8.97. The molecule has 0 radical (unpaired) electrons. The van der Waals surface area contributed by atoms with E-state index in [2.05, 4.69) is 19.2 Å². The van der Waals surface area contributed by atoms with Crippen LogP contribution in [-0.2, 0) is 0 Å². The number of rotatable bonds is 1. The highest BCUT2D eigenvalue weighted by Gasteiger charge is 2.51. The van der Waals surface area contributed by atoms with Crippen molar-refractivity contribution < 1.29 is 9.47 Å². The van der Waals surface area contributed by atoms with Crippen molar-refractivity contribution >= 4 is 17.3 Å². The first kappa shape index (κ1) is 12.5. The molecule has 0 aromatic heterocycles. The minimum Gasteiger partial charge on any atom is -0.497 e. The van der Waals surface area contributed by atoms with E-state index < -0.39 is 5.72 Å². The van der Waals surface area contributed by atoms with Gasteiger partial charge in [0, 0.05) is 18.5 Å². The molecule has 1 aromatic carbocycles. The minimum atomic E-state index is -0.408. The van der Waals surface area contributed by atoms with Crippen molar-refractivity contribution in [2.24, 2.45) is 5.92 Å². The first-order valence-corrected chi connectivity index (χ1v) is 6.79. The molecule has 1 fully saturated rings. The van der Waals surface area contributed by atoms with E-state index in [1.165, 1.54) is 0 Å². The maximum Gasteiger partial charge on any atom is 0.186 e. The van der Waals surface area contributed by atoms with E-state index in [-0.39, 0.29) is 12.0 Å². The van der Waals surface area contributed by atoms with Crippen LogP contribution in [0.4, 0.5) is 0 Å². The van der Waals surface area contributed by atoms with Gasteiger partial charge in [-0.1, -0.05) is 6.92 Å². The van der Waals surface area contributed by atoms with E-state index in [0.29, 0.717) is 0 Å². The molecule has 0 spiro atoms. The Morgan fingerprint density at radius 2 is 2.21 bits per heavy atom. The maximum absolute atomic E-state index is 6.23. The van der Waals surface area contributed by atoms with Crippen molar-refractivity contribution in [2.75, 3.05) is 14.2 Å². The van der Waals surface area contributed by atoms with E-state index >= 15 is 0 Å². The molecular formula is C14H18N2O2S. The van der Waals surface area contributed by atoms with Crippen molar-refractivity contribution in [1.29, 1.82) is 0 Å². The third-order valence-electron chi connectivity index (χ3n) is 4.46. The van der Waals surface area contributed by atoms with Gasteiger partial charge in [-0.25, -0.2) is 0 Å². The second-order valence-corrected chi connectivity index (χ2v) is 5.72. The molecule has 2 heterocycles. The smallest absolute Gasteiger partial charge is 0.186 e. The topological polar surface area (TPSA) is 33.7 Å². The maximum atomic E-state index is 6.23. The first-order valence-electron chi connectivity index (χ1n) is 6.38. The zero-order valence-corrected chi connectivity index (χ0v) is 12.4. The van der Waals surface area contributed by atoms with E-state index in [4.69, 9.17) is 21.7 Å². The summed E-state index contributed by atoms with van der Waals surface area (Å²) in [5, 5.41) is 4.12. The van der Waals surface area contributed by atoms with Crippen LogP contribution in [0.5, 0.6) is 11.5 Å². The summed E-state index contributed by atoms with van der Waals surface area (Å²) in [6, 6.07) is 6.07. The Morgan fingerprint density at radius 3 is 2.89 bits per heavy atom. The Bertz CT molecular complexity index is 548. The Kier molecular flexibility index (Phi) is 2.64. The Labute approximate surface area is 118 Å². The fourth-order valence-corrected chi connectivity index (χ4v) is 3.20. The molecule has 2 bridgehead atoms. The molecule has 5 heteroatoms. The lowest BCUT2D eigenvalue weighted by Crippen LogP contribution is -2.67. The summed E-state index contributed by atoms with van der Waals surface area (Å²) in [5.74, 6) is 2.02. The van der Waals surface area contributed by atoms with Gasteiger partial charge in [-0.3, -0.25) is 0 Å². The average Bonchev–Trinajstić information content (AvgIpc) is 2.41. The summed E-state index contributed by atoms with van der Waals surface area (Å²) < 4.78 is 11.5. The SMILES string of the molecule is COc1ccc2c(c1)C1NC(=S)N(C)C(C)(O2)C1C. The predicted octanol–water partition coefficient (Wildman–Crippen LogP) is 2.30. The molecule has 3 rings (SSSR count). The molecule has 2 aliphatic heterocycles. The molecule has 1 N–H and O–H groups in total. The average molecular weight is 278 g/mol. The van der Waals surface area contributed by atoms with Gasteiger partial charge in [0.25, 0.3) is 0 Å². The second-order valence-electron chi connectivity index (χ2n) is 5.34. The van der Waals surface area contributed by atoms with Gasteiger partial charge in [0.1, 0.15) is 11.5 Å². The lowest BCUT2D eigenvalue weighted by molar-refractivity contribution is -0.0998. The molecule has 0 amide bonds. The van der Waals surface area contributed by atoms with E-state index in [1.54, 1.807) is 7.11 Å². The zero-order chi connectivity index (χ0) is 13.8. The van der Waals surface area contributed by atoms with Crippen molar-refractivity contribution in [3.63, 3.8) is 0 Å². The lowest BCUT2D eigenvalue weighted by Gasteiger charge is -2.55. The largest absolute Gasteiger partial charge is 0.497 e. The Hall–Kier alpha value is -1.49. The number of nitrogens with zero attached hydrogens (tertiary/aromatic N) is 1. The monoisotopic (exact) mass is 278 g/mol. The number of thiocarbonyl (C=S) groups is 1. The van der Waals surface area contributed by atoms with Gasteiger partial charge in [0.15, 0.2) is 10.8 Å². The standard InChI is InChI=1S/C14H18N2O2S/c1-8-12-10-7-9(17-4)5-6-11(10)18-14(8,2)16(3)13(19)15-12/h5-8,12H,1-4H3,(H,15,19). The second kappa shape index (κ2) is 4.00. The molecule has 0 saturated carbocycles. The molecule has 19 heavy (non-hydrogen) atoms. The van der Waals surface area contributed by atoms with Gasteiger partial charge in [-0.2, -0.15) is 0 Å². The number of hydrogen-bond acceptors (Lipinski definition) is 3. The number of fused-ring (bicyclic) bond motifs is 4. The molecule has 2 aliphatic rings. The van der Waals surface area contributed by atoms with Gasteiger partial charge in [0.05, 0.1) is 13.2 Å². The molecule has 102 valence electrons. The highest BCUT2D eigenvalue weighted by molar-refractivity contribution is 7.80. The summed E-state index contributed by atoms with van der Waals surface area (Å²) >= 11 is 5.40. The van der Waals surface area contributed by atoms with Crippen LogP contribution < -0.4 is 14.8 Å². The fourth-order valence-electron chi connectivity index (χ4n) is 2.89. The normalized spacial score (nSPS) is 32.2. The van der Waals surface area contributed by atoms with Crippen molar-refractivity contribution in [2.45, 2.75) is 25.6 Å². The van der Waals surface area contributed by atoms with Crippen LogP contribution in [0.15, 0.2) is 18.2 Å². The molecule has 0 aliphatic carbocycles. The third-order valence-corrected chi connectivity index (χ3v) is 4.85. The van der Waals surface area contributed by atoms with Crippen LogP contribution in [-0.4, -0.2) is 29.9 Å². The molecular weight excluding hydrogens is 260 g/mol. The van der Waals surface area contributed by atoms with Crippen molar-refractivity contribution in [3.05, 3.63) is 23.8 Å². The van der Waals surface area contributed by atoms with E-state index in [1.807, 2.05) is 30.1 Å². The predicted molar refractivity (Wildman–Crippen MR) is 77.4 cm³/mol. The van der Waals surface area contributed by atoms with Crippen LogP contribution in [0.25, 0.3) is 0 Å². The van der Waals surface area contributed by atoms with Crippen LogP contribution in [0.2, 0.25) is 0 Å². The van der Waals surface area contributed by atoms with Gasteiger partial charge in [-0.15, -0.1) is 0 Å². The van der Waals surface area contributed by atoms with Crippen molar-refractivity contribution in [3.8, 4) is 11.5 Å². The third kappa shape index (κ3) is 1.61. The van der Waals surface area contributed by atoms with Crippen LogP contribution in [0.3, 0.4) is 0 Å². The highest BCUT2D eigenvalue weighted by Crippen LogP contribution is 2.48. The van der Waals surface area contributed by atoms with Crippen LogP contribution >= 0.6 is 12.2 Å². The van der Waals surface area contributed by atoms with E-state index in [0.717, 1.165) is 22.2 Å². The highest BCUT2D eigenvalue weighted by atomic mass is 32.1. The molecule has 1 saturated heterocycles. The number of methoxy groups -OCH3 is 1. The quantitative estimate of drug-likeness (QED) is 0.797. The number of hydrogen-bond donors (Lipinski definition) is 1. The van der Waals surface area contributed by atoms with Crippen LogP contribution in [0, 0.1) is 5.92 Å². The summed E-state index contributed by atoms with van der Waals surface area (Å²) in [7, 11) is 3.64. The molecule has 4 nitrogen and oxygen atoms in total. The van der Waals surface area contributed by atoms with Gasteiger partial charge >= 0.3 is 0 Å².